The molecule has 2 aliphatic rings. The van der Waals surface area contributed by atoms with Crippen LogP contribution >= 0.6 is 0 Å². The maximum atomic E-state index is 12.2. The highest BCUT2D eigenvalue weighted by atomic mass is 16.1. The molecule has 1 saturated heterocycles. The van der Waals surface area contributed by atoms with Gasteiger partial charge >= 0.3 is 0 Å². The summed E-state index contributed by atoms with van der Waals surface area (Å²) < 4.78 is 2.50. The van der Waals surface area contributed by atoms with E-state index < -0.39 is 0 Å². The first-order valence-electron chi connectivity index (χ1n) is 12.2. The molecule has 0 spiro atoms. The van der Waals surface area contributed by atoms with Crippen molar-refractivity contribution in [3.8, 4) is 0 Å². The Balaban J connectivity index is 1.37. The zero-order valence-corrected chi connectivity index (χ0v) is 19.5. The number of carbonyl (C=O) groups excluding carboxylic acids is 1. The van der Waals surface area contributed by atoms with Gasteiger partial charge in [-0.3, -0.25) is 4.79 Å². The van der Waals surface area contributed by atoms with Gasteiger partial charge in [-0.1, -0.05) is 26.2 Å². The first kappa shape index (κ1) is 23.1. The lowest BCUT2D eigenvalue weighted by Crippen LogP contribution is -2.46. The van der Waals surface area contributed by atoms with Crippen LogP contribution in [0.2, 0.25) is 0 Å². The van der Waals surface area contributed by atoms with Crippen LogP contribution in [0.1, 0.15) is 74.9 Å². The van der Waals surface area contributed by atoms with Gasteiger partial charge in [0, 0.05) is 56.2 Å². The van der Waals surface area contributed by atoms with Crippen LogP contribution in [-0.4, -0.2) is 66.1 Å². The lowest BCUT2D eigenvalue weighted by Gasteiger charge is -2.33. The summed E-state index contributed by atoms with van der Waals surface area (Å²) in [5.41, 5.74) is 3.80. The molecule has 168 valence electrons. The summed E-state index contributed by atoms with van der Waals surface area (Å²) in [5.74, 6) is 0.0222. The number of amides is 1. The van der Waals surface area contributed by atoms with Crippen molar-refractivity contribution >= 4 is 12.0 Å². The van der Waals surface area contributed by atoms with Crippen LogP contribution in [0.4, 0.5) is 0 Å². The fourth-order valence-corrected chi connectivity index (χ4v) is 5.10. The van der Waals surface area contributed by atoms with Crippen LogP contribution in [0.3, 0.4) is 0 Å². The molecule has 1 aromatic rings. The van der Waals surface area contributed by atoms with E-state index in [0.29, 0.717) is 6.04 Å². The third-order valence-corrected chi connectivity index (χ3v) is 6.99. The predicted molar refractivity (Wildman–Crippen MR) is 126 cm³/mol. The van der Waals surface area contributed by atoms with Crippen molar-refractivity contribution in [3.63, 3.8) is 0 Å². The fourth-order valence-electron chi connectivity index (χ4n) is 5.10. The van der Waals surface area contributed by atoms with E-state index >= 15 is 0 Å². The van der Waals surface area contributed by atoms with Gasteiger partial charge in [0.05, 0.1) is 0 Å². The molecule has 1 N–H and O–H groups in total. The highest BCUT2D eigenvalue weighted by molar-refractivity contribution is 5.91. The van der Waals surface area contributed by atoms with Gasteiger partial charge in [0.1, 0.15) is 0 Å². The summed E-state index contributed by atoms with van der Waals surface area (Å²) in [7, 11) is 0. The van der Waals surface area contributed by atoms with E-state index in [9.17, 15) is 4.79 Å². The maximum Gasteiger partial charge on any atom is 0.244 e. The normalized spacial score (nSPS) is 19.6. The Labute approximate surface area is 183 Å². The van der Waals surface area contributed by atoms with Gasteiger partial charge in [0.25, 0.3) is 0 Å². The van der Waals surface area contributed by atoms with Gasteiger partial charge in [-0.05, 0) is 70.3 Å². The number of aromatic nitrogens is 1. The number of unbranched alkanes of at least 4 members (excludes halogenated alkanes) is 1. The second kappa shape index (κ2) is 11.7. The van der Waals surface area contributed by atoms with Crippen molar-refractivity contribution in [1.82, 2.24) is 19.7 Å². The minimum absolute atomic E-state index is 0.0222. The molecule has 3 rings (SSSR count). The number of piperazine rings is 1. The zero-order valence-electron chi connectivity index (χ0n) is 19.5. The standard InChI is InChI=1S/C25H42N4O/c1-4-27-16-18-28(19-17-27)15-9-8-14-26-25(30)13-12-23-20-21(2)29(22(23)3)24-10-6-5-7-11-24/h12-13,20,24H,4-11,14-19H2,1-3H3,(H,26,30). The molecule has 0 unspecified atom stereocenters. The van der Waals surface area contributed by atoms with E-state index in [1.807, 2.05) is 6.08 Å². The monoisotopic (exact) mass is 414 g/mol. The van der Waals surface area contributed by atoms with Crippen LogP contribution in [0, 0.1) is 13.8 Å². The van der Waals surface area contributed by atoms with Crippen LogP contribution < -0.4 is 5.32 Å². The van der Waals surface area contributed by atoms with Crippen molar-refractivity contribution in [2.24, 2.45) is 0 Å². The van der Waals surface area contributed by atoms with Crippen molar-refractivity contribution in [2.45, 2.75) is 71.8 Å². The number of aryl methyl sites for hydroxylation is 1. The van der Waals surface area contributed by atoms with Crippen LogP contribution in [0.5, 0.6) is 0 Å². The second-order valence-electron chi connectivity index (χ2n) is 9.10. The summed E-state index contributed by atoms with van der Waals surface area (Å²) in [6.07, 6.45) is 12.5. The smallest absolute Gasteiger partial charge is 0.244 e. The van der Waals surface area contributed by atoms with Gasteiger partial charge in [-0.2, -0.15) is 0 Å². The molecule has 0 radical (unpaired) electrons. The maximum absolute atomic E-state index is 12.2. The minimum atomic E-state index is 0.0222. The number of carbonyl (C=O) groups is 1. The molecule has 30 heavy (non-hydrogen) atoms. The quantitative estimate of drug-likeness (QED) is 0.487. The highest BCUT2D eigenvalue weighted by Gasteiger charge is 2.19. The molecule has 5 nitrogen and oxygen atoms in total. The molecule has 0 atom stereocenters. The van der Waals surface area contributed by atoms with Crippen molar-refractivity contribution in [1.29, 1.82) is 0 Å². The van der Waals surface area contributed by atoms with Crippen LogP contribution in [0.15, 0.2) is 12.1 Å². The van der Waals surface area contributed by atoms with E-state index in [0.717, 1.165) is 32.5 Å². The molecule has 2 heterocycles. The Morgan fingerprint density at radius 3 is 2.47 bits per heavy atom. The number of rotatable bonds is 9. The molecule has 1 aliphatic heterocycles. The number of hydrogen-bond donors (Lipinski definition) is 1. The summed E-state index contributed by atoms with van der Waals surface area (Å²) >= 11 is 0. The Morgan fingerprint density at radius 1 is 1.07 bits per heavy atom. The molecule has 0 aromatic carbocycles. The third-order valence-electron chi connectivity index (χ3n) is 6.99. The molecule has 1 aromatic heterocycles. The molecular weight excluding hydrogens is 372 g/mol. The van der Waals surface area contributed by atoms with E-state index in [1.54, 1.807) is 6.08 Å². The number of likely N-dealkylation sites (N-methyl/N-ethyl adjacent to an activating group) is 1. The fraction of sp³-hybridized carbons (Fsp3) is 0.720. The van der Waals surface area contributed by atoms with Gasteiger partial charge < -0.3 is 19.7 Å². The Morgan fingerprint density at radius 2 is 1.77 bits per heavy atom. The first-order valence-corrected chi connectivity index (χ1v) is 12.2. The van der Waals surface area contributed by atoms with Crippen molar-refractivity contribution in [3.05, 3.63) is 29.1 Å². The lowest BCUT2D eigenvalue weighted by molar-refractivity contribution is -0.116. The summed E-state index contributed by atoms with van der Waals surface area (Å²) in [6.45, 7) is 14.5. The second-order valence-corrected chi connectivity index (χ2v) is 9.10. The van der Waals surface area contributed by atoms with E-state index in [2.05, 4.69) is 46.5 Å². The van der Waals surface area contributed by atoms with Gasteiger partial charge in [-0.15, -0.1) is 0 Å². The Bertz CT molecular complexity index is 694. The average molecular weight is 415 g/mol. The largest absolute Gasteiger partial charge is 0.353 e. The number of hydrogen-bond acceptors (Lipinski definition) is 3. The van der Waals surface area contributed by atoms with Gasteiger partial charge in [0.2, 0.25) is 5.91 Å². The van der Waals surface area contributed by atoms with Crippen LogP contribution in [0.25, 0.3) is 6.08 Å². The molecule has 2 fully saturated rings. The average Bonchev–Trinajstić information content (AvgIpc) is 3.06. The highest BCUT2D eigenvalue weighted by Crippen LogP contribution is 2.32. The summed E-state index contributed by atoms with van der Waals surface area (Å²) in [4.78, 5) is 17.3. The SMILES string of the molecule is CCN1CCN(CCCCNC(=O)C=Cc2cc(C)n(C3CCCCC3)c2C)CC1. The van der Waals surface area contributed by atoms with Crippen LogP contribution in [-0.2, 0) is 4.79 Å². The van der Waals surface area contributed by atoms with E-state index in [1.165, 1.54) is 75.2 Å². The summed E-state index contributed by atoms with van der Waals surface area (Å²) in [5, 5.41) is 3.05. The third kappa shape index (κ3) is 6.45. The Hall–Kier alpha value is -1.59. The topological polar surface area (TPSA) is 40.5 Å². The molecule has 0 bridgehead atoms. The van der Waals surface area contributed by atoms with Gasteiger partial charge in [-0.25, -0.2) is 0 Å². The predicted octanol–water partition coefficient (Wildman–Crippen LogP) is 4.16. The van der Waals surface area contributed by atoms with E-state index in [-0.39, 0.29) is 5.91 Å². The minimum Gasteiger partial charge on any atom is -0.353 e. The first-order chi connectivity index (χ1) is 14.6. The van der Waals surface area contributed by atoms with Crippen molar-refractivity contribution in [2.75, 3.05) is 45.8 Å². The number of nitrogens with zero attached hydrogens (tertiary/aromatic N) is 3. The molecular formula is C25H42N4O. The van der Waals surface area contributed by atoms with E-state index in [4.69, 9.17) is 0 Å². The van der Waals surface area contributed by atoms with Gasteiger partial charge in [0.15, 0.2) is 0 Å². The Kier molecular flexibility index (Phi) is 9.01. The summed E-state index contributed by atoms with van der Waals surface area (Å²) in [6, 6.07) is 2.87. The molecule has 1 saturated carbocycles. The molecule has 5 heteroatoms. The number of nitrogens with one attached hydrogen (secondary N) is 1. The van der Waals surface area contributed by atoms with Crippen molar-refractivity contribution < 1.29 is 4.79 Å². The molecule has 1 aliphatic carbocycles. The zero-order chi connectivity index (χ0) is 21.3. The molecule has 1 amide bonds. The lowest BCUT2D eigenvalue weighted by atomic mass is 9.95.